The average Bonchev–Trinajstić information content (AvgIpc) is 2.74. The third-order valence-corrected chi connectivity index (χ3v) is 3.87. The van der Waals surface area contributed by atoms with Crippen LogP contribution < -0.4 is 11.2 Å². The maximum Gasteiger partial charge on any atom is 0.330 e. The van der Waals surface area contributed by atoms with Crippen LogP contribution in [0.3, 0.4) is 0 Å². The second-order valence-corrected chi connectivity index (χ2v) is 5.05. The van der Waals surface area contributed by atoms with Crippen LogP contribution in [0.5, 0.6) is 0 Å². The van der Waals surface area contributed by atoms with Gasteiger partial charge in [0.2, 0.25) is 0 Å². The van der Waals surface area contributed by atoms with Gasteiger partial charge in [0.1, 0.15) is 6.10 Å². The van der Waals surface area contributed by atoms with Gasteiger partial charge in [-0.3, -0.25) is 19.2 Å². The van der Waals surface area contributed by atoms with Crippen LogP contribution in [0.15, 0.2) is 21.9 Å². The monoisotopic (exact) mass is 283 g/mol. The van der Waals surface area contributed by atoms with E-state index in [9.17, 15) is 14.7 Å². The Bertz CT molecular complexity index is 567. The number of aromatic nitrogens is 2. The topological polar surface area (TPSA) is 87.6 Å². The normalized spacial score (nSPS) is 30.1. The molecule has 0 spiro atoms. The Morgan fingerprint density at radius 1 is 1.45 bits per heavy atom. The number of rotatable bonds is 4. The molecule has 1 aromatic rings. The summed E-state index contributed by atoms with van der Waals surface area (Å²) in [5.41, 5.74) is -0.974. The molecule has 2 rings (SSSR count). The summed E-state index contributed by atoms with van der Waals surface area (Å²) in [4.78, 5) is 27.2. The molecule has 1 saturated heterocycles. The number of hydrogen-bond donors (Lipinski definition) is 2. The number of aliphatic hydroxyl groups excluding tert-OH is 1. The summed E-state index contributed by atoms with van der Waals surface area (Å²) in [6, 6.07) is 0.952. The first-order chi connectivity index (χ1) is 9.49. The van der Waals surface area contributed by atoms with Crippen LogP contribution in [0.4, 0.5) is 0 Å². The minimum absolute atomic E-state index is 0.321. The maximum absolute atomic E-state index is 11.9. The number of ether oxygens (including phenoxy) is 1. The molecule has 1 unspecified atom stereocenters. The van der Waals surface area contributed by atoms with Crippen molar-refractivity contribution in [2.24, 2.45) is 0 Å². The van der Waals surface area contributed by atoms with E-state index in [1.165, 1.54) is 16.8 Å². The molecule has 112 valence electrons. The van der Waals surface area contributed by atoms with Gasteiger partial charge in [-0.05, 0) is 20.0 Å². The van der Waals surface area contributed by atoms with Crippen LogP contribution >= 0.6 is 0 Å². The van der Waals surface area contributed by atoms with Gasteiger partial charge in [0, 0.05) is 12.3 Å². The molecule has 1 aromatic heterocycles. The predicted octanol–water partition coefficient (Wildman–Crippen LogP) is -0.475. The minimum atomic E-state index is -0.672. The standard InChI is InChI=1S/C13H21N3O4/c1-4-8-11(18)10(15(3)5-2)12(20-8)16-7-6-9(17)14-13(16)19/h6-8,10-12,18H,4-5H2,1-3H3,(H,14,17,19)/t8-,10?,11+,12-/m1/s1. The molecule has 20 heavy (non-hydrogen) atoms. The van der Waals surface area contributed by atoms with E-state index < -0.39 is 23.6 Å². The summed E-state index contributed by atoms with van der Waals surface area (Å²) in [5.74, 6) is 0. The van der Waals surface area contributed by atoms with Gasteiger partial charge in [0.15, 0.2) is 6.23 Å². The van der Waals surface area contributed by atoms with Crippen molar-refractivity contribution >= 4 is 0 Å². The van der Waals surface area contributed by atoms with Gasteiger partial charge < -0.3 is 9.84 Å². The maximum atomic E-state index is 11.9. The lowest BCUT2D eigenvalue weighted by Crippen LogP contribution is -2.46. The predicted molar refractivity (Wildman–Crippen MR) is 73.6 cm³/mol. The highest BCUT2D eigenvalue weighted by atomic mass is 16.5. The summed E-state index contributed by atoms with van der Waals surface area (Å²) in [5, 5.41) is 10.4. The van der Waals surface area contributed by atoms with Crippen LogP contribution in [-0.4, -0.2) is 51.4 Å². The zero-order chi connectivity index (χ0) is 14.9. The molecule has 0 aromatic carbocycles. The van der Waals surface area contributed by atoms with E-state index in [4.69, 9.17) is 4.74 Å². The van der Waals surface area contributed by atoms with E-state index >= 15 is 0 Å². The van der Waals surface area contributed by atoms with Crippen molar-refractivity contribution in [1.29, 1.82) is 0 Å². The zero-order valence-electron chi connectivity index (χ0n) is 11.9. The highest BCUT2D eigenvalue weighted by Crippen LogP contribution is 2.32. The van der Waals surface area contributed by atoms with E-state index in [2.05, 4.69) is 4.98 Å². The van der Waals surface area contributed by atoms with Crippen LogP contribution in [0.1, 0.15) is 26.5 Å². The smallest absolute Gasteiger partial charge is 0.330 e. The number of likely N-dealkylation sites (N-methyl/N-ethyl adjacent to an activating group) is 1. The second-order valence-electron chi connectivity index (χ2n) is 5.05. The molecule has 1 aliphatic heterocycles. The zero-order valence-corrected chi connectivity index (χ0v) is 11.9. The van der Waals surface area contributed by atoms with Crippen molar-refractivity contribution in [2.45, 2.75) is 44.7 Å². The van der Waals surface area contributed by atoms with Gasteiger partial charge in [-0.15, -0.1) is 0 Å². The van der Waals surface area contributed by atoms with E-state index in [-0.39, 0.29) is 12.1 Å². The SMILES string of the molecule is CC[C@H]1O[C@@H](n2ccc(=O)[nH]c2=O)C(N(C)CC)[C@H]1O. The number of nitrogens with one attached hydrogen (secondary N) is 1. The number of H-pyrrole nitrogens is 1. The lowest BCUT2D eigenvalue weighted by molar-refractivity contribution is -0.0289. The average molecular weight is 283 g/mol. The third kappa shape index (κ3) is 2.56. The van der Waals surface area contributed by atoms with Crippen LogP contribution in [0.2, 0.25) is 0 Å². The molecule has 0 amide bonds. The number of nitrogens with zero attached hydrogens (tertiary/aromatic N) is 2. The number of aliphatic hydroxyl groups is 1. The van der Waals surface area contributed by atoms with Gasteiger partial charge in [-0.1, -0.05) is 13.8 Å². The first-order valence-electron chi connectivity index (χ1n) is 6.84. The van der Waals surface area contributed by atoms with Crippen molar-refractivity contribution in [3.05, 3.63) is 33.1 Å². The van der Waals surface area contributed by atoms with Gasteiger partial charge in [-0.25, -0.2) is 4.79 Å². The highest BCUT2D eigenvalue weighted by molar-refractivity contribution is 4.96. The molecule has 0 radical (unpaired) electrons. The molecule has 1 aliphatic rings. The van der Waals surface area contributed by atoms with Gasteiger partial charge >= 0.3 is 5.69 Å². The molecule has 7 heteroatoms. The fourth-order valence-electron chi connectivity index (χ4n) is 2.61. The van der Waals surface area contributed by atoms with Crippen LogP contribution in [0.25, 0.3) is 0 Å². The van der Waals surface area contributed by atoms with Gasteiger partial charge in [0.25, 0.3) is 5.56 Å². The molecule has 0 saturated carbocycles. The Balaban J connectivity index is 2.41. The summed E-state index contributed by atoms with van der Waals surface area (Å²) in [6.07, 6.45) is 0.465. The lowest BCUT2D eigenvalue weighted by atomic mass is 10.0. The van der Waals surface area contributed by atoms with E-state index in [0.29, 0.717) is 6.42 Å². The van der Waals surface area contributed by atoms with Crippen molar-refractivity contribution in [3.63, 3.8) is 0 Å². The molecular formula is C13H21N3O4. The molecule has 0 bridgehead atoms. The summed E-state index contributed by atoms with van der Waals surface area (Å²) >= 11 is 0. The Labute approximate surface area is 116 Å². The van der Waals surface area contributed by atoms with Crippen LogP contribution in [-0.2, 0) is 4.74 Å². The molecule has 4 atom stereocenters. The third-order valence-electron chi connectivity index (χ3n) is 3.87. The highest BCUT2D eigenvalue weighted by Gasteiger charge is 2.45. The van der Waals surface area contributed by atoms with Crippen molar-refractivity contribution in [1.82, 2.24) is 14.5 Å². The first-order valence-corrected chi connectivity index (χ1v) is 6.84. The summed E-state index contributed by atoms with van der Waals surface area (Å²) in [7, 11) is 1.87. The Morgan fingerprint density at radius 3 is 2.70 bits per heavy atom. The van der Waals surface area contributed by atoms with Crippen LogP contribution in [0, 0.1) is 0 Å². The van der Waals surface area contributed by atoms with Crippen molar-refractivity contribution in [2.75, 3.05) is 13.6 Å². The van der Waals surface area contributed by atoms with E-state index in [0.717, 1.165) is 6.54 Å². The Kier molecular flexibility index (Phi) is 4.42. The summed E-state index contributed by atoms with van der Waals surface area (Å²) < 4.78 is 7.14. The molecule has 0 aliphatic carbocycles. The van der Waals surface area contributed by atoms with E-state index in [1.807, 2.05) is 25.8 Å². The molecule has 2 heterocycles. The minimum Gasteiger partial charge on any atom is -0.389 e. The van der Waals surface area contributed by atoms with Crippen molar-refractivity contribution < 1.29 is 9.84 Å². The van der Waals surface area contributed by atoms with E-state index in [1.54, 1.807) is 0 Å². The molecule has 7 nitrogen and oxygen atoms in total. The fourth-order valence-corrected chi connectivity index (χ4v) is 2.61. The largest absolute Gasteiger partial charge is 0.389 e. The molecule has 2 N–H and O–H groups in total. The van der Waals surface area contributed by atoms with Gasteiger partial charge in [-0.2, -0.15) is 0 Å². The first kappa shape index (κ1) is 15.0. The van der Waals surface area contributed by atoms with Crippen molar-refractivity contribution in [3.8, 4) is 0 Å². The fraction of sp³-hybridized carbons (Fsp3) is 0.692. The Morgan fingerprint density at radius 2 is 2.15 bits per heavy atom. The molecular weight excluding hydrogens is 262 g/mol. The van der Waals surface area contributed by atoms with Gasteiger partial charge in [0.05, 0.1) is 12.1 Å². The molecule has 1 fully saturated rings. The number of aromatic amines is 1. The Hall–Kier alpha value is -1.44. The number of hydrogen-bond acceptors (Lipinski definition) is 5. The lowest BCUT2D eigenvalue weighted by Gasteiger charge is -2.29. The summed E-state index contributed by atoms with van der Waals surface area (Å²) in [6.45, 7) is 4.61. The second kappa shape index (κ2) is 5.90. The quantitative estimate of drug-likeness (QED) is 0.779.